The number of benzene rings is 1. The number of ether oxygens (including phenoxy) is 1. The SMILES string of the molecule is Cc1nc(C(=O)NCC2CCOc3ccccc32)c(=O)[nH]c1C. The molecule has 1 amide bonds. The van der Waals surface area contributed by atoms with Gasteiger partial charge in [-0.1, -0.05) is 18.2 Å². The second-order valence-corrected chi connectivity index (χ2v) is 5.71. The van der Waals surface area contributed by atoms with Gasteiger partial charge < -0.3 is 15.0 Å². The summed E-state index contributed by atoms with van der Waals surface area (Å²) < 4.78 is 5.61. The molecule has 0 spiro atoms. The Balaban J connectivity index is 1.73. The first kappa shape index (κ1) is 15.3. The van der Waals surface area contributed by atoms with Crippen molar-refractivity contribution < 1.29 is 9.53 Å². The van der Waals surface area contributed by atoms with Gasteiger partial charge in [0.05, 0.1) is 12.3 Å². The van der Waals surface area contributed by atoms with Crippen LogP contribution in [-0.4, -0.2) is 29.0 Å². The highest BCUT2D eigenvalue weighted by atomic mass is 16.5. The molecule has 2 N–H and O–H groups in total. The summed E-state index contributed by atoms with van der Waals surface area (Å²) in [4.78, 5) is 30.9. The zero-order chi connectivity index (χ0) is 16.4. The van der Waals surface area contributed by atoms with Gasteiger partial charge in [0.25, 0.3) is 11.5 Å². The predicted molar refractivity (Wildman–Crippen MR) is 86.0 cm³/mol. The third-order valence-corrected chi connectivity index (χ3v) is 4.15. The fourth-order valence-electron chi connectivity index (χ4n) is 2.70. The molecule has 6 heteroatoms. The topological polar surface area (TPSA) is 84.1 Å². The standard InChI is InChI=1S/C17H19N3O3/c1-10-11(2)20-17(22)15(19-10)16(21)18-9-12-7-8-23-14-6-4-3-5-13(12)14/h3-6,12H,7-9H2,1-2H3,(H,18,21)(H,20,22). The van der Waals surface area contributed by atoms with Crippen molar-refractivity contribution in [3.8, 4) is 5.75 Å². The van der Waals surface area contributed by atoms with Gasteiger partial charge in [0.15, 0.2) is 5.69 Å². The molecule has 1 aromatic carbocycles. The average molecular weight is 313 g/mol. The van der Waals surface area contributed by atoms with Crippen LogP contribution in [-0.2, 0) is 0 Å². The number of aryl methyl sites for hydroxylation is 2. The number of rotatable bonds is 3. The molecule has 120 valence electrons. The van der Waals surface area contributed by atoms with Crippen LogP contribution in [0.5, 0.6) is 5.75 Å². The van der Waals surface area contributed by atoms with E-state index in [-0.39, 0.29) is 11.6 Å². The number of H-pyrrole nitrogens is 1. The first-order valence-corrected chi connectivity index (χ1v) is 7.63. The van der Waals surface area contributed by atoms with Crippen molar-refractivity contribution in [2.75, 3.05) is 13.2 Å². The Labute approximate surface area is 133 Å². The Morgan fingerprint density at radius 1 is 1.39 bits per heavy atom. The van der Waals surface area contributed by atoms with E-state index in [0.717, 1.165) is 17.7 Å². The third kappa shape index (κ3) is 3.11. The van der Waals surface area contributed by atoms with Gasteiger partial charge >= 0.3 is 0 Å². The molecule has 1 unspecified atom stereocenters. The number of fused-ring (bicyclic) bond motifs is 1. The zero-order valence-corrected chi connectivity index (χ0v) is 13.2. The molecule has 0 fully saturated rings. The van der Waals surface area contributed by atoms with Gasteiger partial charge in [0.2, 0.25) is 0 Å². The van der Waals surface area contributed by atoms with E-state index in [1.807, 2.05) is 24.3 Å². The van der Waals surface area contributed by atoms with Crippen molar-refractivity contribution in [2.45, 2.75) is 26.2 Å². The van der Waals surface area contributed by atoms with E-state index in [1.54, 1.807) is 13.8 Å². The molecule has 3 rings (SSSR count). The van der Waals surface area contributed by atoms with Gasteiger partial charge in [-0.15, -0.1) is 0 Å². The smallest absolute Gasteiger partial charge is 0.279 e. The van der Waals surface area contributed by atoms with Crippen LogP contribution in [0.3, 0.4) is 0 Å². The van der Waals surface area contributed by atoms with Crippen LogP contribution < -0.4 is 15.6 Å². The second kappa shape index (κ2) is 6.24. The highest BCUT2D eigenvalue weighted by Crippen LogP contribution is 2.32. The molecule has 0 aliphatic carbocycles. The fraction of sp³-hybridized carbons (Fsp3) is 0.353. The molecule has 0 bridgehead atoms. The Hall–Kier alpha value is -2.63. The van der Waals surface area contributed by atoms with Crippen LogP contribution in [0.1, 0.15) is 39.8 Å². The van der Waals surface area contributed by atoms with Gasteiger partial charge in [0.1, 0.15) is 5.75 Å². The summed E-state index contributed by atoms with van der Waals surface area (Å²) in [7, 11) is 0. The quantitative estimate of drug-likeness (QED) is 0.903. The maximum Gasteiger partial charge on any atom is 0.279 e. The number of aromatic amines is 1. The summed E-state index contributed by atoms with van der Waals surface area (Å²) in [5.41, 5.74) is 1.85. The van der Waals surface area contributed by atoms with Gasteiger partial charge in [0, 0.05) is 18.2 Å². The van der Waals surface area contributed by atoms with Gasteiger partial charge in [-0.05, 0) is 31.9 Å². The van der Waals surface area contributed by atoms with E-state index in [9.17, 15) is 9.59 Å². The number of nitrogens with one attached hydrogen (secondary N) is 2. The number of carbonyl (C=O) groups excluding carboxylic acids is 1. The lowest BCUT2D eigenvalue weighted by molar-refractivity contribution is 0.0941. The Morgan fingerprint density at radius 2 is 2.17 bits per heavy atom. The summed E-state index contributed by atoms with van der Waals surface area (Å²) in [6.07, 6.45) is 0.827. The van der Waals surface area contributed by atoms with Gasteiger partial charge in [-0.2, -0.15) is 0 Å². The summed E-state index contributed by atoms with van der Waals surface area (Å²) in [5.74, 6) is 0.591. The summed E-state index contributed by atoms with van der Waals surface area (Å²) >= 11 is 0. The van der Waals surface area contributed by atoms with Crippen molar-refractivity contribution in [2.24, 2.45) is 0 Å². The van der Waals surface area contributed by atoms with E-state index < -0.39 is 11.5 Å². The van der Waals surface area contributed by atoms with Crippen LogP contribution in [0.4, 0.5) is 0 Å². The number of aromatic nitrogens is 2. The Bertz CT molecular complexity index is 798. The molecule has 2 aromatic rings. The lowest BCUT2D eigenvalue weighted by Gasteiger charge is -2.25. The third-order valence-electron chi connectivity index (χ3n) is 4.15. The average Bonchev–Trinajstić information content (AvgIpc) is 2.56. The van der Waals surface area contributed by atoms with Gasteiger partial charge in [-0.3, -0.25) is 9.59 Å². The number of nitrogens with zero attached hydrogens (tertiary/aromatic N) is 1. The molecule has 1 aliphatic rings. The normalized spacial score (nSPS) is 16.3. The molecular formula is C17H19N3O3. The fourth-order valence-corrected chi connectivity index (χ4v) is 2.70. The van der Waals surface area contributed by atoms with Gasteiger partial charge in [-0.25, -0.2) is 4.98 Å². The molecule has 1 atom stereocenters. The highest BCUT2D eigenvalue weighted by molar-refractivity contribution is 5.91. The Morgan fingerprint density at radius 3 is 3.00 bits per heavy atom. The molecule has 1 aliphatic heterocycles. The number of hydrogen-bond acceptors (Lipinski definition) is 4. The summed E-state index contributed by atoms with van der Waals surface area (Å²) in [6, 6.07) is 7.82. The van der Waals surface area contributed by atoms with Crippen molar-refractivity contribution in [1.82, 2.24) is 15.3 Å². The molecular weight excluding hydrogens is 294 g/mol. The maximum absolute atomic E-state index is 12.3. The van der Waals surface area contributed by atoms with Crippen molar-refractivity contribution in [1.29, 1.82) is 0 Å². The summed E-state index contributed by atoms with van der Waals surface area (Å²) in [6.45, 7) is 4.59. The molecule has 0 radical (unpaired) electrons. The zero-order valence-electron chi connectivity index (χ0n) is 13.2. The van der Waals surface area contributed by atoms with Crippen LogP contribution in [0.25, 0.3) is 0 Å². The lowest BCUT2D eigenvalue weighted by Crippen LogP contribution is -2.35. The van der Waals surface area contributed by atoms with E-state index in [0.29, 0.717) is 24.5 Å². The first-order chi connectivity index (χ1) is 11.1. The molecule has 0 saturated heterocycles. The van der Waals surface area contributed by atoms with Crippen LogP contribution >= 0.6 is 0 Å². The lowest BCUT2D eigenvalue weighted by atomic mass is 9.93. The van der Waals surface area contributed by atoms with E-state index in [1.165, 1.54) is 0 Å². The number of para-hydroxylation sites is 1. The van der Waals surface area contributed by atoms with Crippen LogP contribution in [0, 0.1) is 13.8 Å². The minimum absolute atomic E-state index is 0.0894. The minimum Gasteiger partial charge on any atom is -0.493 e. The minimum atomic E-state index is -0.460. The van der Waals surface area contributed by atoms with Crippen LogP contribution in [0.2, 0.25) is 0 Å². The number of hydrogen-bond donors (Lipinski definition) is 2. The first-order valence-electron chi connectivity index (χ1n) is 7.63. The molecule has 6 nitrogen and oxygen atoms in total. The largest absolute Gasteiger partial charge is 0.493 e. The van der Waals surface area contributed by atoms with Crippen molar-refractivity contribution >= 4 is 5.91 Å². The molecule has 23 heavy (non-hydrogen) atoms. The monoisotopic (exact) mass is 313 g/mol. The van der Waals surface area contributed by atoms with Crippen molar-refractivity contribution in [3.63, 3.8) is 0 Å². The maximum atomic E-state index is 12.3. The van der Waals surface area contributed by atoms with E-state index in [2.05, 4.69) is 15.3 Å². The highest BCUT2D eigenvalue weighted by Gasteiger charge is 2.22. The molecule has 2 heterocycles. The summed E-state index contributed by atoms with van der Waals surface area (Å²) in [5, 5.41) is 2.82. The second-order valence-electron chi connectivity index (χ2n) is 5.71. The Kier molecular flexibility index (Phi) is 4.14. The van der Waals surface area contributed by atoms with E-state index in [4.69, 9.17) is 4.74 Å². The number of amides is 1. The van der Waals surface area contributed by atoms with Crippen molar-refractivity contribution in [3.05, 3.63) is 57.3 Å². The predicted octanol–water partition coefficient (Wildman–Crippen LogP) is 1.68. The van der Waals surface area contributed by atoms with E-state index >= 15 is 0 Å². The van der Waals surface area contributed by atoms with Crippen LogP contribution in [0.15, 0.2) is 29.1 Å². The number of carbonyl (C=O) groups is 1. The molecule has 1 aromatic heterocycles. The molecule has 0 saturated carbocycles.